The number of hydrogen-bond acceptors (Lipinski definition) is 5. The number of aromatic nitrogens is 2. The molecular formula is C17H25N3O6. The molecular weight excluding hydrogens is 342 g/mol. The van der Waals surface area contributed by atoms with Crippen LogP contribution in [0.15, 0.2) is 27.4 Å². The van der Waals surface area contributed by atoms with Crippen molar-refractivity contribution in [2.75, 3.05) is 6.54 Å². The molecule has 0 bridgehead atoms. The van der Waals surface area contributed by atoms with Crippen molar-refractivity contribution >= 4 is 12.1 Å². The molecule has 0 aromatic carbocycles. The highest BCUT2D eigenvalue weighted by Crippen LogP contribution is 2.09. The van der Waals surface area contributed by atoms with E-state index < -0.39 is 28.9 Å². The number of carbonyl (C=O) groups excluding carboxylic acids is 1. The molecule has 0 fully saturated rings. The van der Waals surface area contributed by atoms with Crippen LogP contribution in [-0.4, -0.2) is 38.9 Å². The molecule has 1 aromatic rings. The van der Waals surface area contributed by atoms with Crippen LogP contribution in [0.5, 0.6) is 0 Å². The lowest BCUT2D eigenvalue weighted by atomic mass is 10.1. The van der Waals surface area contributed by atoms with Crippen molar-refractivity contribution in [1.29, 1.82) is 0 Å². The molecule has 26 heavy (non-hydrogen) atoms. The van der Waals surface area contributed by atoms with Crippen LogP contribution in [0.4, 0.5) is 4.79 Å². The topological polar surface area (TPSA) is 130 Å². The number of alkyl carbamates (subject to hydrolysis) is 1. The fourth-order valence-corrected chi connectivity index (χ4v) is 2.08. The van der Waals surface area contributed by atoms with Crippen LogP contribution in [0.25, 0.3) is 0 Å². The number of allylic oxidation sites excluding steroid dienone is 1. The molecule has 9 heteroatoms. The van der Waals surface area contributed by atoms with Crippen LogP contribution < -0.4 is 16.6 Å². The van der Waals surface area contributed by atoms with Gasteiger partial charge in [-0.3, -0.25) is 19.1 Å². The minimum atomic E-state index is -1.02. The highest BCUT2D eigenvalue weighted by molar-refractivity contribution is 5.70. The number of ether oxygens (including phenoxy) is 1. The Morgan fingerprint density at radius 2 is 2.00 bits per heavy atom. The van der Waals surface area contributed by atoms with Gasteiger partial charge in [0.2, 0.25) is 0 Å². The summed E-state index contributed by atoms with van der Waals surface area (Å²) in [6, 6.07) is 0. The molecule has 0 saturated carbocycles. The number of rotatable bonds is 7. The second-order valence-corrected chi connectivity index (χ2v) is 6.84. The molecule has 0 saturated heterocycles. The van der Waals surface area contributed by atoms with Crippen molar-refractivity contribution in [1.82, 2.24) is 14.9 Å². The second-order valence-electron chi connectivity index (χ2n) is 6.84. The van der Waals surface area contributed by atoms with Crippen molar-refractivity contribution in [3.05, 3.63) is 44.2 Å². The minimum absolute atomic E-state index is 0.117. The summed E-state index contributed by atoms with van der Waals surface area (Å²) in [6.45, 7) is 7.12. The van der Waals surface area contributed by atoms with Crippen LogP contribution in [-0.2, 0) is 16.1 Å². The molecule has 9 nitrogen and oxygen atoms in total. The Hall–Kier alpha value is -2.84. The minimum Gasteiger partial charge on any atom is -0.481 e. The first-order chi connectivity index (χ1) is 12.0. The molecule has 1 aromatic heterocycles. The van der Waals surface area contributed by atoms with Crippen molar-refractivity contribution < 1.29 is 19.4 Å². The largest absolute Gasteiger partial charge is 0.481 e. The maximum Gasteiger partial charge on any atom is 0.407 e. The van der Waals surface area contributed by atoms with Crippen molar-refractivity contribution in [2.24, 2.45) is 0 Å². The lowest BCUT2D eigenvalue weighted by molar-refractivity contribution is -0.136. The van der Waals surface area contributed by atoms with Gasteiger partial charge in [-0.25, -0.2) is 9.59 Å². The quantitative estimate of drug-likeness (QED) is 0.620. The molecule has 0 atom stereocenters. The first-order valence-corrected chi connectivity index (χ1v) is 8.15. The molecule has 0 unspecified atom stereocenters. The fourth-order valence-electron chi connectivity index (χ4n) is 2.08. The Labute approximate surface area is 150 Å². The smallest absolute Gasteiger partial charge is 0.407 e. The molecule has 3 N–H and O–H groups in total. The van der Waals surface area contributed by atoms with Gasteiger partial charge in [0.15, 0.2) is 0 Å². The molecule has 1 amide bonds. The van der Waals surface area contributed by atoms with Gasteiger partial charge in [-0.05, 0) is 34.1 Å². The van der Waals surface area contributed by atoms with Gasteiger partial charge in [0.05, 0.1) is 6.42 Å². The SMILES string of the molecule is Cc1cn(C/C=C(/CCNC(=O)OC(C)(C)C)CC(=O)O)c(=O)[nH]c1=O. The van der Waals surface area contributed by atoms with E-state index in [2.05, 4.69) is 10.3 Å². The average Bonchev–Trinajstić information content (AvgIpc) is 2.46. The van der Waals surface area contributed by atoms with Crippen molar-refractivity contribution in [2.45, 2.75) is 52.7 Å². The number of aromatic amines is 1. The number of nitrogens with zero attached hydrogens (tertiary/aromatic N) is 1. The summed E-state index contributed by atoms with van der Waals surface area (Å²) in [5, 5.41) is 11.6. The Morgan fingerprint density at radius 3 is 2.58 bits per heavy atom. The standard InChI is InChI=1S/C17H25N3O6/c1-11-10-20(15(24)19-14(11)23)8-6-12(9-13(21)22)5-7-18-16(25)26-17(2,3)4/h6,10H,5,7-9H2,1-4H3,(H,18,25)(H,21,22)(H,19,23,24)/b12-6-. The molecule has 0 aliphatic carbocycles. The summed E-state index contributed by atoms with van der Waals surface area (Å²) >= 11 is 0. The summed E-state index contributed by atoms with van der Waals surface area (Å²) < 4.78 is 6.38. The lowest BCUT2D eigenvalue weighted by Gasteiger charge is -2.19. The van der Waals surface area contributed by atoms with E-state index >= 15 is 0 Å². The predicted octanol–water partition coefficient (Wildman–Crippen LogP) is 1.16. The number of carbonyl (C=O) groups is 2. The number of carboxylic acid groups (broad SMARTS) is 1. The highest BCUT2D eigenvalue weighted by atomic mass is 16.6. The Morgan fingerprint density at radius 1 is 1.35 bits per heavy atom. The molecule has 1 rings (SSSR count). The van der Waals surface area contributed by atoms with E-state index in [9.17, 15) is 19.2 Å². The molecule has 0 radical (unpaired) electrons. The first-order valence-electron chi connectivity index (χ1n) is 8.15. The highest BCUT2D eigenvalue weighted by Gasteiger charge is 2.15. The van der Waals surface area contributed by atoms with Crippen LogP contribution in [0.2, 0.25) is 0 Å². The van der Waals surface area contributed by atoms with Gasteiger partial charge in [0.1, 0.15) is 5.60 Å². The maximum absolute atomic E-state index is 11.8. The van der Waals surface area contributed by atoms with Gasteiger partial charge in [0, 0.05) is 24.8 Å². The predicted molar refractivity (Wildman–Crippen MR) is 95.2 cm³/mol. The van der Waals surface area contributed by atoms with Gasteiger partial charge < -0.3 is 15.2 Å². The van der Waals surface area contributed by atoms with E-state index in [1.54, 1.807) is 33.8 Å². The third kappa shape index (κ3) is 7.82. The van der Waals surface area contributed by atoms with Crippen LogP contribution in [0.1, 0.15) is 39.2 Å². The molecule has 0 aliphatic heterocycles. The van der Waals surface area contributed by atoms with Gasteiger partial charge in [0.25, 0.3) is 5.56 Å². The van der Waals surface area contributed by atoms with Crippen LogP contribution in [0, 0.1) is 6.92 Å². The second kappa shape index (κ2) is 9.02. The summed E-state index contributed by atoms with van der Waals surface area (Å²) in [7, 11) is 0. The molecule has 0 spiro atoms. The normalized spacial score (nSPS) is 11.9. The van der Waals surface area contributed by atoms with Crippen molar-refractivity contribution in [3.8, 4) is 0 Å². The third-order valence-electron chi connectivity index (χ3n) is 3.26. The summed E-state index contributed by atoms with van der Waals surface area (Å²) in [6.07, 6.45) is 2.51. The van der Waals surface area contributed by atoms with Crippen LogP contribution in [0.3, 0.4) is 0 Å². The van der Waals surface area contributed by atoms with E-state index in [0.717, 1.165) is 0 Å². The van der Waals surface area contributed by atoms with Crippen molar-refractivity contribution in [3.63, 3.8) is 0 Å². The fraction of sp³-hybridized carbons (Fsp3) is 0.529. The number of nitrogens with one attached hydrogen (secondary N) is 2. The summed E-state index contributed by atoms with van der Waals surface area (Å²) in [5.41, 5.74) is -0.720. The number of aryl methyl sites for hydroxylation is 1. The number of H-pyrrole nitrogens is 1. The summed E-state index contributed by atoms with van der Waals surface area (Å²) in [4.78, 5) is 47.9. The number of hydrogen-bond donors (Lipinski definition) is 3. The van der Waals surface area contributed by atoms with Gasteiger partial charge in [-0.2, -0.15) is 0 Å². The van der Waals surface area contributed by atoms with Gasteiger partial charge >= 0.3 is 17.8 Å². The van der Waals surface area contributed by atoms with E-state index in [0.29, 0.717) is 17.6 Å². The van der Waals surface area contributed by atoms with E-state index in [1.807, 2.05) is 0 Å². The molecule has 0 aliphatic rings. The van der Waals surface area contributed by atoms with E-state index in [-0.39, 0.29) is 19.5 Å². The van der Waals surface area contributed by atoms with E-state index in [1.165, 1.54) is 10.8 Å². The lowest BCUT2D eigenvalue weighted by Crippen LogP contribution is -2.33. The Bertz CT molecular complexity index is 798. The number of aliphatic carboxylic acids is 1. The third-order valence-corrected chi connectivity index (χ3v) is 3.26. The number of carboxylic acids is 1. The molecule has 1 heterocycles. The zero-order chi connectivity index (χ0) is 19.9. The zero-order valence-electron chi connectivity index (χ0n) is 15.4. The Kier molecular flexibility index (Phi) is 7.36. The summed E-state index contributed by atoms with van der Waals surface area (Å²) in [5.74, 6) is -1.02. The maximum atomic E-state index is 11.8. The van der Waals surface area contributed by atoms with Crippen LogP contribution >= 0.6 is 0 Å². The Balaban J connectivity index is 2.75. The first kappa shape index (κ1) is 21.2. The van der Waals surface area contributed by atoms with Gasteiger partial charge in [-0.15, -0.1) is 0 Å². The zero-order valence-corrected chi connectivity index (χ0v) is 15.4. The number of amides is 1. The average molecular weight is 367 g/mol. The van der Waals surface area contributed by atoms with E-state index in [4.69, 9.17) is 9.84 Å². The monoisotopic (exact) mass is 367 g/mol. The van der Waals surface area contributed by atoms with Gasteiger partial charge in [-0.1, -0.05) is 11.6 Å². The molecule has 144 valence electrons.